The van der Waals surface area contributed by atoms with Crippen molar-refractivity contribution >= 4 is 17.9 Å². The number of nitrogens with zero attached hydrogens (tertiary/aromatic N) is 1. The van der Waals surface area contributed by atoms with Crippen LogP contribution in [0.4, 0.5) is 4.79 Å². The number of hydrogen-bond donors (Lipinski definition) is 3. The molecule has 0 aliphatic heterocycles. The van der Waals surface area contributed by atoms with E-state index in [0.717, 1.165) is 0 Å². The van der Waals surface area contributed by atoms with Crippen molar-refractivity contribution in [1.82, 2.24) is 15.5 Å². The summed E-state index contributed by atoms with van der Waals surface area (Å²) in [6, 6.07) is -0.218. The van der Waals surface area contributed by atoms with Crippen molar-refractivity contribution in [2.45, 2.75) is 39.2 Å². The molecule has 19 heavy (non-hydrogen) atoms. The van der Waals surface area contributed by atoms with Crippen molar-refractivity contribution in [1.29, 1.82) is 0 Å². The van der Waals surface area contributed by atoms with Crippen LogP contribution in [0.1, 0.15) is 33.1 Å². The Kier molecular flexibility index (Phi) is 8.32. The van der Waals surface area contributed by atoms with Gasteiger partial charge in [-0.05, 0) is 20.3 Å². The Labute approximate surface area is 113 Å². The summed E-state index contributed by atoms with van der Waals surface area (Å²) in [5.41, 5.74) is 0. The number of carboxylic acid groups (broad SMARTS) is 1. The van der Waals surface area contributed by atoms with E-state index >= 15 is 0 Å². The Morgan fingerprint density at radius 1 is 1.21 bits per heavy atom. The van der Waals surface area contributed by atoms with Crippen LogP contribution in [-0.4, -0.2) is 54.1 Å². The summed E-state index contributed by atoms with van der Waals surface area (Å²) in [6.07, 6.45) is 0.675. The molecule has 0 spiro atoms. The standard InChI is InChI=1S/C12H23N3O4/c1-9(2)14-10(16)6-7-13-12(19)15(3)8-4-5-11(17)18/h9H,4-8H2,1-3H3,(H,13,19)(H,14,16)(H,17,18). The van der Waals surface area contributed by atoms with E-state index in [2.05, 4.69) is 10.6 Å². The number of nitrogens with one attached hydrogen (secondary N) is 2. The van der Waals surface area contributed by atoms with Crippen molar-refractivity contribution in [3.05, 3.63) is 0 Å². The zero-order chi connectivity index (χ0) is 14.8. The summed E-state index contributed by atoms with van der Waals surface area (Å²) >= 11 is 0. The average Bonchev–Trinajstić information content (AvgIpc) is 2.26. The molecule has 3 amide bonds. The third kappa shape index (κ3) is 9.87. The molecule has 3 N–H and O–H groups in total. The van der Waals surface area contributed by atoms with E-state index in [9.17, 15) is 14.4 Å². The van der Waals surface area contributed by atoms with Gasteiger partial charge in [0, 0.05) is 39.0 Å². The molecule has 0 aromatic carbocycles. The number of aliphatic carboxylic acids is 1. The molecule has 7 heteroatoms. The second-order valence-electron chi connectivity index (χ2n) is 4.62. The maximum absolute atomic E-state index is 11.6. The van der Waals surface area contributed by atoms with Gasteiger partial charge in [-0.25, -0.2) is 4.79 Å². The molecule has 0 atom stereocenters. The van der Waals surface area contributed by atoms with Gasteiger partial charge >= 0.3 is 12.0 Å². The maximum atomic E-state index is 11.6. The van der Waals surface area contributed by atoms with Gasteiger partial charge in [0.05, 0.1) is 0 Å². The van der Waals surface area contributed by atoms with Crippen LogP contribution in [0, 0.1) is 0 Å². The van der Waals surface area contributed by atoms with Crippen molar-refractivity contribution in [2.75, 3.05) is 20.1 Å². The van der Waals surface area contributed by atoms with E-state index in [1.165, 1.54) is 4.90 Å². The molecule has 0 bridgehead atoms. The van der Waals surface area contributed by atoms with Crippen molar-refractivity contribution < 1.29 is 19.5 Å². The van der Waals surface area contributed by atoms with E-state index in [4.69, 9.17) is 5.11 Å². The molecule has 0 fully saturated rings. The lowest BCUT2D eigenvalue weighted by Crippen LogP contribution is -2.40. The monoisotopic (exact) mass is 273 g/mol. The lowest BCUT2D eigenvalue weighted by atomic mass is 10.3. The van der Waals surface area contributed by atoms with Crippen molar-refractivity contribution in [3.8, 4) is 0 Å². The number of carbonyl (C=O) groups excluding carboxylic acids is 2. The Balaban J connectivity index is 3.73. The molecule has 0 unspecified atom stereocenters. The van der Waals surface area contributed by atoms with E-state index in [-0.39, 0.29) is 37.4 Å². The summed E-state index contributed by atoms with van der Waals surface area (Å²) in [6.45, 7) is 4.37. The van der Waals surface area contributed by atoms with Gasteiger partial charge in [0.15, 0.2) is 0 Å². The summed E-state index contributed by atoms with van der Waals surface area (Å²) in [4.78, 5) is 34.6. The minimum absolute atomic E-state index is 0.0361. The summed E-state index contributed by atoms with van der Waals surface area (Å²) in [5.74, 6) is -0.983. The van der Waals surface area contributed by atoms with Crippen LogP contribution in [0.2, 0.25) is 0 Å². The summed E-state index contributed by atoms with van der Waals surface area (Å²) < 4.78 is 0. The molecular weight excluding hydrogens is 250 g/mol. The minimum Gasteiger partial charge on any atom is -0.481 e. The summed E-state index contributed by atoms with van der Waals surface area (Å²) in [7, 11) is 1.59. The Morgan fingerprint density at radius 3 is 2.37 bits per heavy atom. The Bertz CT molecular complexity index is 318. The highest BCUT2D eigenvalue weighted by Gasteiger charge is 2.09. The van der Waals surface area contributed by atoms with Crippen LogP contribution in [0.25, 0.3) is 0 Å². The maximum Gasteiger partial charge on any atom is 0.317 e. The first-order chi connectivity index (χ1) is 8.82. The fourth-order valence-corrected chi connectivity index (χ4v) is 1.38. The number of carboxylic acids is 1. The predicted octanol–water partition coefficient (Wildman–Crippen LogP) is 0.407. The molecule has 0 heterocycles. The predicted molar refractivity (Wildman–Crippen MR) is 70.8 cm³/mol. The summed E-state index contributed by atoms with van der Waals surface area (Å²) in [5, 5.41) is 13.8. The molecular formula is C12H23N3O4. The van der Waals surface area contributed by atoms with Gasteiger partial charge in [-0.15, -0.1) is 0 Å². The molecule has 0 aliphatic carbocycles. The molecule has 0 saturated heterocycles. The van der Waals surface area contributed by atoms with Gasteiger partial charge in [0.2, 0.25) is 5.91 Å². The number of amides is 3. The Morgan fingerprint density at radius 2 is 1.84 bits per heavy atom. The molecule has 0 saturated carbocycles. The van der Waals surface area contributed by atoms with E-state index in [1.54, 1.807) is 7.05 Å². The zero-order valence-corrected chi connectivity index (χ0v) is 11.7. The Hall–Kier alpha value is -1.79. The lowest BCUT2D eigenvalue weighted by molar-refractivity contribution is -0.137. The van der Waals surface area contributed by atoms with Gasteiger partial charge < -0.3 is 20.6 Å². The fourth-order valence-electron chi connectivity index (χ4n) is 1.38. The van der Waals surface area contributed by atoms with E-state index < -0.39 is 5.97 Å². The average molecular weight is 273 g/mol. The van der Waals surface area contributed by atoms with Gasteiger partial charge in [0.25, 0.3) is 0 Å². The first-order valence-electron chi connectivity index (χ1n) is 6.33. The van der Waals surface area contributed by atoms with Crippen LogP contribution in [0.5, 0.6) is 0 Å². The van der Waals surface area contributed by atoms with Gasteiger partial charge in [0.1, 0.15) is 0 Å². The highest BCUT2D eigenvalue weighted by molar-refractivity contribution is 5.78. The second-order valence-corrected chi connectivity index (χ2v) is 4.62. The topological polar surface area (TPSA) is 98.7 Å². The third-order valence-corrected chi connectivity index (χ3v) is 2.31. The number of rotatable bonds is 8. The molecule has 0 radical (unpaired) electrons. The highest BCUT2D eigenvalue weighted by atomic mass is 16.4. The molecule has 0 aliphatic rings. The van der Waals surface area contributed by atoms with Crippen molar-refractivity contribution in [3.63, 3.8) is 0 Å². The smallest absolute Gasteiger partial charge is 0.317 e. The van der Waals surface area contributed by atoms with Gasteiger partial charge in [-0.2, -0.15) is 0 Å². The van der Waals surface area contributed by atoms with Gasteiger partial charge in [-0.1, -0.05) is 0 Å². The number of carbonyl (C=O) groups is 3. The lowest BCUT2D eigenvalue weighted by Gasteiger charge is -2.17. The van der Waals surface area contributed by atoms with Crippen LogP contribution < -0.4 is 10.6 Å². The minimum atomic E-state index is -0.876. The van der Waals surface area contributed by atoms with Crippen LogP contribution in [0.3, 0.4) is 0 Å². The molecule has 0 rings (SSSR count). The fraction of sp³-hybridized carbons (Fsp3) is 0.750. The zero-order valence-electron chi connectivity index (χ0n) is 11.7. The first kappa shape index (κ1) is 17.2. The second kappa shape index (κ2) is 9.18. The number of hydrogen-bond acceptors (Lipinski definition) is 3. The van der Waals surface area contributed by atoms with Gasteiger partial charge in [-0.3, -0.25) is 9.59 Å². The molecule has 7 nitrogen and oxygen atoms in total. The normalized spacial score (nSPS) is 10.1. The molecule has 0 aromatic heterocycles. The highest BCUT2D eigenvalue weighted by Crippen LogP contribution is 1.93. The molecule has 110 valence electrons. The van der Waals surface area contributed by atoms with E-state index in [0.29, 0.717) is 13.0 Å². The van der Waals surface area contributed by atoms with Crippen molar-refractivity contribution in [2.24, 2.45) is 0 Å². The largest absolute Gasteiger partial charge is 0.481 e. The quantitative estimate of drug-likeness (QED) is 0.596. The SMILES string of the molecule is CC(C)NC(=O)CCNC(=O)N(C)CCCC(=O)O. The van der Waals surface area contributed by atoms with Crippen LogP contribution in [0.15, 0.2) is 0 Å². The van der Waals surface area contributed by atoms with Crippen LogP contribution >= 0.6 is 0 Å². The van der Waals surface area contributed by atoms with Crippen LogP contribution in [-0.2, 0) is 9.59 Å². The molecule has 0 aromatic rings. The first-order valence-corrected chi connectivity index (χ1v) is 6.33. The third-order valence-electron chi connectivity index (χ3n) is 2.31. The number of urea groups is 1. The van der Waals surface area contributed by atoms with E-state index in [1.807, 2.05) is 13.8 Å².